The lowest BCUT2D eigenvalue weighted by Gasteiger charge is -2.25. The molecule has 2 aromatic carbocycles. The van der Waals surface area contributed by atoms with Gasteiger partial charge in [-0.05, 0) is 42.0 Å². The third kappa shape index (κ3) is 3.24. The lowest BCUT2D eigenvalue weighted by molar-refractivity contribution is 0.102. The van der Waals surface area contributed by atoms with E-state index in [1.165, 1.54) is 0 Å². The molecule has 7 heteroatoms. The second-order valence-corrected chi connectivity index (χ2v) is 7.66. The molecule has 1 saturated heterocycles. The van der Waals surface area contributed by atoms with Crippen molar-refractivity contribution in [3.05, 3.63) is 47.5 Å². The molecule has 0 atom stereocenters. The Morgan fingerprint density at radius 3 is 2.89 bits per heavy atom. The third-order valence-corrected chi connectivity index (χ3v) is 5.96. The Morgan fingerprint density at radius 1 is 1.11 bits per heavy atom. The number of nitrogens with one attached hydrogen (secondary N) is 1. The average molecular weight is 381 g/mol. The molecule has 5 rings (SSSR count). The molecule has 3 heterocycles. The summed E-state index contributed by atoms with van der Waals surface area (Å²) in [5.74, 6) is 0.763. The number of hydrogen-bond acceptors (Lipinski definition) is 6. The van der Waals surface area contributed by atoms with Crippen LogP contribution < -0.4 is 15.0 Å². The van der Waals surface area contributed by atoms with E-state index < -0.39 is 0 Å². The Labute approximate surface area is 160 Å². The van der Waals surface area contributed by atoms with Crippen LogP contribution in [0.1, 0.15) is 15.9 Å². The molecule has 2 aliphatic rings. The van der Waals surface area contributed by atoms with Crippen molar-refractivity contribution in [1.29, 1.82) is 0 Å². The first kappa shape index (κ1) is 16.5. The first-order valence-electron chi connectivity index (χ1n) is 9.07. The lowest BCUT2D eigenvalue weighted by atomic mass is 10.1. The van der Waals surface area contributed by atoms with Gasteiger partial charge in [0.15, 0.2) is 5.13 Å². The minimum absolute atomic E-state index is 0.118. The number of thiazole rings is 1. The van der Waals surface area contributed by atoms with Gasteiger partial charge in [0.1, 0.15) is 5.75 Å². The van der Waals surface area contributed by atoms with Crippen LogP contribution in [0, 0.1) is 0 Å². The van der Waals surface area contributed by atoms with Crippen molar-refractivity contribution in [2.75, 3.05) is 43.1 Å². The largest absolute Gasteiger partial charge is 0.493 e. The van der Waals surface area contributed by atoms with Crippen molar-refractivity contribution in [2.24, 2.45) is 0 Å². The van der Waals surface area contributed by atoms with Crippen LogP contribution in [0.5, 0.6) is 5.75 Å². The number of anilines is 2. The Kier molecular flexibility index (Phi) is 4.18. The van der Waals surface area contributed by atoms with E-state index in [1.54, 1.807) is 17.4 Å². The van der Waals surface area contributed by atoms with E-state index in [0.29, 0.717) is 12.2 Å². The van der Waals surface area contributed by atoms with E-state index >= 15 is 0 Å². The zero-order valence-electron chi connectivity index (χ0n) is 14.7. The number of carbonyl (C=O) groups excluding carboxylic acids is 1. The van der Waals surface area contributed by atoms with E-state index in [9.17, 15) is 4.79 Å². The summed E-state index contributed by atoms with van der Waals surface area (Å²) in [5.41, 5.74) is 3.39. The van der Waals surface area contributed by atoms with Crippen molar-refractivity contribution >= 4 is 38.3 Å². The van der Waals surface area contributed by atoms with Crippen LogP contribution in [-0.2, 0) is 11.2 Å². The summed E-state index contributed by atoms with van der Waals surface area (Å²) in [4.78, 5) is 19.6. The van der Waals surface area contributed by atoms with Gasteiger partial charge in [0.25, 0.3) is 5.91 Å². The third-order valence-electron chi connectivity index (χ3n) is 4.87. The van der Waals surface area contributed by atoms with Gasteiger partial charge in [-0.1, -0.05) is 11.3 Å². The number of nitrogens with zero attached hydrogens (tertiary/aromatic N) is 2. The summed E-state index contributed by atoms with van der Waals surface area (Å²) >= 11 is 1.67. The molecule has 1 fully saturated rings. The molecule has 0 aliphatic carbocycles. The monoisotopic (exact) mass is 381 g/mol. The molecule has 0 saturated carbocycles. The van der Waals surface area contributed by atoms with E-state index in [1.807, 2.05) is 30.3 Å². The molecule has 1 N–H and O–H groups in total. The number of benzene rings is 2. The highest BCUT2D eigenvalue weighted by atomic mass is 32.1. The Bertz CT molecular complexity index is 1010. The van der Waals surface area contributed by atoms with Crippen LogP contribution in [0.15, 0.2) is 36.4 Å². The molecule has 0 spiro atoms. The first-order chi connectivity index (χ1) is 13.3. The van der Waals surface area contributed by atoms with Crippen molar-refractivity contribution in [2.45, 2.75) is 6.42 Å². The summed E-state index contributed by atoms with van der Waals surface area (Å²) in [7, 11) is 0. The summed E-state index contributed by atoms with van der Waals surface area (Å²) in [6, 6.07) is 11.5. The predicted molar refractivity (Wildman–Crippen MR) is 106 cm³/mol. The quantitative estimate of drug-likeness (QED) is 0.754. The number of aromatic nitrogens is 1. The minimum Gasteiger partial charge on any atom is -0.493 e. The van der Waals surface area contributed by atoms with Gasteiger partial charge >= 0.3 is 0 Å². The molecule has 1 amide bonds. The second kappa shape index (κ2) is 6.83. The maximum Gasteiger partial charge on any atom is 0.255 e. The lowest BCUT2D eigenvalue weighted by Crippen LogP contribution is -2.36. The number of ether oxygens (including phenoxy) is 2. The highest BCUT2D eigenvalue weighted by molar-refractivity contribution is 7.22. The molecule has 0 radical (unpaired) electrons. The fraction of sp³-hybridized carbons (Fsp3) is 0.300. The number of rotatable bonds is 3. The van der Waals surface area contributed by atoms with E-state index in [4.69, 9.17) is 14.5 Å². The summed E-state index contributed by atoms with van der Waals surface area (Å²) in [5, 5.41) is 3.99. The highest BCUT2D eigenvalue weighted by Crippen LogP contribution is 2.31. The fourth-order valence-electron chi connectivity index (χ4n) is 3.41. The van der Waals surface area contributed by atoms with Crippen LogP contribution in [0.2, 0.25) is 0 Å². The number of fused-ring (bicyclic) bond motifs is 2. The number of carbonyl (C=O) groups is 1. The number of amides is 1. The van der Waals surface area contributed by atoms with Crippen molar-refractivity contribution < 1.29 is 14.3 Å². The first-order valence-corrected chi connectivity index (χ1v) is 9.88. The standard InChI is InChI=1S/C20H19N3O3S/c24-19(14-1-3-17-13(11-14)5-8-26-17)21-15-2-4-18-16(12-15)22-20(27-18)23-6-9-25-10-7-23/h1-4,11-12H,5-10H2,(H,21,24). The molecule has 1 aromatic heterocycles. The van der Waals surface area contributed by atoms with E-state index in [0.717, 1.165) is 65.1 Å². The molecule has 0 unspecified atom stereocenters. The molecular weight excluding hydrogens is 362 g/mol. The number of hydrogen-bond donors (Lipinski definition) is 1. The van der Waals surface area contributed by atoms with Crippen LogP contribution in [-0.4, -0.2) is 43.8 Å². The zero-order valence-corrected chi connectivity index (χ0v) is 15.6. The summed E-state index contributed by atoms with van der Waals surface area (Å²) in [6.45, 7) is 3.90. The van der Waals surface area contributed by atoms with Gasteiger partial charge in [-0.3, -0.25) is 4.79 Å². The van der Waals surface area contributed by atoms with Gasteiger partial charge < -0.3 is 19.7 Å². The second-order valence-electron chi connectivity index (χ2n) is 6.65. The molecule has 2 aliphatic heterocycles. The fourth-order valence-corrected chi connectivity index (χ4v) is 4.41. The molecule has 3 aromatic rings. The van der Waals surface area contributed by atoms with Crippen molar-refractivity contribution in [3.8, 4) is 5.75 Å². The van der Waals surface area contributed by atoms with Crippen LogP contribution in [0.3, 0.4) is 0 Å². The highest BCUT2D eigenvalue weighted by Gasteiger charge is 2.17. The van der Waals surface area contributed by atoms with Gasteiger partial charge in [0.05, 0.1) is 30.0 Å². The zero-order chi connectivity index (χ0) is 18.2. The van der Waals surface area contributed by atoms with E-state index in [2.05, 4.69) is 10.2 Å². The Balaban J connectivity index is 1.36. The number of morpholine rings is 1. The van der Waals surface area contributed by atoms with Gasteiger partial charge in [0, 0.05) is 30.8 Å². The van der Waals surface area contributed by atoms with Crippen LogP contribution in [0.25, 0.3) is 10.2 Å². The minimum atomic E-state index is -0.118. The van der Waals surface area contributed by atoms with E-state index in [-0.39, 0.29) is 5.91 Å². The van der Waals surface area contributed by atoms with Crippen LogP contribution in [0.4, 0.5) is 10.8 Å². The Hall–Kier alpha value is -2.64. The van der Waals surface area contributed by atoms with Crippen LogP contribution >= 0.6 is 11.3 Å². The Morgan fingerprint density at radius 2 is 2.00 bits per heavy atom. The van der Waals surface area contributed by atoms with Gasteiger partial charge in [-0.15, -0.1) is 0 Å². The smallest absolute Gasteiger partial charge is 0.255 e. The maximum absolute atomic E-state index is 12.6. The molecular formula is C20H19N3O3S. The summed E-state index contributed by atoms with van der Waals surface area (Å²) < 4.78 is 12.0. The molecule has 0 bridgehead atoms. The van der Waals surface area contributed by atoms with Crippen molar-refractivity contribution in [3.63, 3.8) is 0 Å². The maximum atomic E-state index is 12.6. The molecule has 27 heavy (non-hydrogen) atoms. The molecule has 138 valence electrons. The molecule has 6 nitrogen and oxygen atoms in total. The topological polar surface area (TPSA) is 63.7 Å². The predicted octanol–water partition coefficient (Wildman–Crippen LogP) is 3.32. The normalized spacial score (nSPS) is 16.2. The summed E-state index contributed by atoms with van der Waals surface area (Å²) in [6.07, 6.45) is 0.853. The SMILES string of the molecule is O=C(Nc1ccc2sc(N3CCOCC3)nc2c1)c1ccc2c(c1)CCO2. The average Bonchev–Trinajstić information content (AvgIpc) is 3.34. The van der Waals surface area contributed by atoms with Crippen molar-refractivity contribution in [1.82, 2.24) is 4.98 Å². The van der Waals surface area contributed by atoms with Gasteiger partial charge in [-0.25, -0.2) is 4.98 Å². The van der Waals surface area contributed by atoms with Gasteiger partial charge in [-0.2, -0.15) is 0 Å². The van der Waals surface area contributed by atoms with Gasteiger partial charge in [0.2, 0.25) is 0 Å².